The smallest absolute Gasteiger partial charge is 0.0979 e. The van der Waals surface area contributed by atoms with Crippen molar-refractivity contribution in [3.05, 3.63) is 64.4 Å². The molecule has 0 amide bonds. The van der Waals surface area contributed by atoms with Crippen molar-refractivity contribution in [3.63, 3.8) is 0 Å². The largest absolute Gasteiger partial charge is 0.372 e. The molecule has 0 radical (unpaired) electrons. The third-order valence-electron chi connectivity index (χ3n) is 3.10. The van der Waals surface area contributed by atoms with Crippen LogP contribution in [0.5, 0.6) is 0 Å². The summed E-state index contributed by atoms with van der Waals surface area (Å²) in [6.07, 6.45) is 2.37. The van der Waals surface area contributed by atoms with Gasteiger partial charge in [0.2, 0.25) is 0 Å². The van der Waals surface area contributed by atoms with Crippen LogP contribution in [0.3, 0.4) is 0 Å². The molecule has 20 heavy (non-hydrogen) atoms. The van der Waals surface area contributed by atoms with Gasteiger partial charge in [-0.05, 0) is 40.5 Å². The molecule has 0 aliphatic heterocycles. The van der Waals surface area contributed by atoms with E-state index in [0.29, 0.717) is 13.0 Å². The second-order valence-corrected chi connectivity index (χ2v) is 5.54. The molecule has 0 saturated heterocycles. The fourth-order valence-corrected chi connectivity index (χ4v) is 2.40. The summed E-state index contributed by atoms with van der Waals surface area (Å²) in [5.74, 6) is 0. The lowest BCUT2D eigenvalue weighted by molar-refractivity contribution is 0.0431. The third-order valence-corrected chi connectivity index (χ3v) is 3.57. The number of ether oxygens (including phenoxy) is 1. The first-order valence-corrected chi connectivity index (χ1v) is 7.52. The molecule has 0 aliphatic carbocycles. The van der Waals surface area contributed by atoms with Gasteiger partial charge in [0.25, 0.3) is 0 Å². The van der Waals surface area contributed by atoms with E-state index in [-0.39, 0.29) is 12.1 Å². The Bertz CT molecular complexity index is 516. The van der Waals surface area contributed by atoms with Gasteiger partial charge in [0.1, 0.15) is 0 Å². The van der Waals surface area contributed by atoms with Crippen LogP contribution >= 0.6 is 15.9 Å². The number of pyridine rings is 1. The lowest BCUT2D eigenvalue weighted by Gasteiger charge is -2.24. The summed E-state index contributed by atoms with van der Waals surface area (Å²) in [6.45, 7) is 2.63. The highest BCUT2D eigenvalue weighted by Crippen LogP contribution is 2.22. The number of benzene rings is 1. The Morgan fingerprint density at radius 2 is 1.95 bits per heavy atom. The minimum absolute atomic E-state index is 0.105. The van der Waals surface area contributed by atoms with Gasteiger partial charge < -0.3 is 10.5 Å². The first-order valence-electron chi connectivity index (χ1n) is 6.73. The van der Waals surface area contributed by atoms with Crippen molar-refractivity contribution in [2.75, 3.05) is 6.61 Å². The Balaban J connectivity index is 2.11. The quantitative estimate of drug-likeness (QED) is 0.879. The van der Waals surface area contributed by atoms with E-state index in [9.17, 15) is 0 Å². The molecule has 2 unspecified atom stereocenters. The van der Waals surface area contributed by atoms with Crippen molar-refractivity contribution < 1.29 is 4.74 Å². The molecule has 1 heterocycles. The second kappa shape index (κ2) is 7.53. The summed E-state index contributed by atoms with van der Waals surface area (Å²) in [5.41, 5.74) is 8.41. The van der Waals surface area contributed by atoms with Gasteiger partial charge in [-0.25, -0.2) is 0 Å². The summed E-state index contributed by atoms with van der Waals surface area (Å²) in [5, 5.41) is 0. The zero-order valence-corrected chi connectivity index (χ0v) is 13.1. The molecule has 0 aliphatic rings. The van der Waals surface area contributed by atoms with Crippen LogP contribution in [0.25, 0.3) is 0 Å². The molecule has 1 aromatic carbocycles. The normalized spacial score (nSPS) is 13.9. The lowest BCUT2D eigenvalue weighted by Crippen LogP contribution is -2.32. The molecular formula is C16H19BrN2O. The summed E-state index contributed by atoms with van der Waals surface area (Å²) in [6, 6.07) is 14.0. The van der Waals surface area contributed by atoms with Crippen molar-refractivity contribution in [1.29, 1.82) is 0 Å². The maximum absolute atomic E-state index is 6.33. The number of hydrogen-bond donors (Lipinski definition) is 1. The molecule has 2 atom stereocenters. The molecule has 0 spiro atoms. The number of hydrogen-bond acceptors (Lipinski definition) is 3. The Labute approximate surface area is 128 Å². The number of nitrogens with two attached hydrogens (primary N) is 1. The standard InChI is InChI=1S/C16H19BrN2O/c1-2-20-16(12-6-4-3-5-7-12)15(18)10-14-9-8-13(17)11-19-14/h3-9,11,15-16H,2,10,18H2,1H3. The van der Waals surface area contributed by atoms with Crippen LogP contribution in [0, 0.1) is 0 Å². The van der Waals surface area contributed by atoms with E-state index in [4.69, 9.17) is 10.5 Å². The van der Waals surface area contributed by atoms with E-state index >= 15 is 0 Å². The lowest BCUT2D eigenvalue weighted by atomic mass is 9.99. The van der Waals surface area contributed by atoms with Crippen molar-refractivity contribution in [2.24, 2.45) is 5.73 Å². The number of rotatable bonds is 6. The summed E-state index contributed by atoms with van der Waals surface area (Å²) in [4.78, 5) is 4.37. The molecule has 3 nitrogen and oxygen atoms in total. The zero-order chi connectivity index (χ0) is 14.4. The molecule has 0 saturated carbocycles. The van der Waals surface area contributed by atoms with Gasteiger partial charge in [0, 0.05) is 35.4 Å². The van der Waals surface area contributed by atoms with E-state index < -0.39 is 0 Å². The Morgan fingerprint density at radius 3 is 2.55 bits per heavy atom. The predicted molar refractivity (Wildman–Crippen MR) is 84.4 cm³/mol. The van der Waals surface area contributed by atoms with Gasteiger partial charge >= 0.3 is 0 Å². The fourth-order valence-electron chi connectivity index (χ4n) is 2.17. The van der Waals surface area contributed by atoms with Gasteiger partial charge in [-0.15, -0.1) is 0 Å². The number of aromatic nitrogens is 1. The van der Waals surface area contributed by atoms with E-state index in [2.05, 4.69) is 33.0 Å². The highest BCUT2D eigenvalue weighted by Gasteiger charge is 2.20. The number of halogens is 1. The molecule has 0 fully saturated rings. The predicted octanol–water partition coefficient (Wildman–Crippen LogP) is 3.49. The Morgan fingerprint density at radius 1 is 1.20 bits per heavy atom. The molecule has 2 rings (SSSR count). The third kappa shape index (κ3) is 4.13. The molecule has 1 aromatic heterocycles. The number of nitrogens with zero attached hydrogens (tertiary/aromatic N) is 1. The van der Waals surface area contributed by atoms with Crippen LogP contribution in [0.4, 0.5) is 0 Å². The van der Waals surface area contributed by atoms with Crippen LogP contribution in [-0.4, -0.2) is 17.6 Å². The average molecular weight is 335 g/mol. The molecule has 0 bridgehead atoms. The van der Waals surface area contributed by atoms with Crippen LogP contribution in [0.1, 0.15) is 24.3 Å². The van der Waals surface area contributed by atoms with E-state index in [1.165, 1.54) is 0 Å². The van der Waals surface area contributed by atoms with Gasteiger partial charge in [-0.2, -0.15) is 0 Å². The maximum atomic E-state index is 6.33. The topological polar surface area (TPSA) is 48.1 Å². The zero-order valence-electron chi connectivity index (χ0n) is 11.5. The fraction of sp³-hybridized carbons (Fsp3) is 0.312. The minimum Gasteiger partial charge on any atom is -0.372 e. The van der Waals surface area contributed by atoms with Gasteiger partial charge in [-0.1, -0.05) is 30.3 Å². The van der Waals surface area contributed by atoms with E-state index in [1.54, 1.807) is 6.20 Å². The molecule has 2 N–H and O–H groups in total. The summed E-state index contributed by atoms with van der Waals surface area (Å²) < 4.78 is 6.80. The van der Waals surface area contributed by atoms with Crippen molar-refractivity contribution in [3.8, 4) is 0 Å². The monoisotopic (exact) mass is 334 g/mol. The minimum atomic E-state index is -0.119. The molecule has 106 valence electrons. The average Bonchev–Trinajstić information content (AvgIpc) is 2.48. The highest BCUT2D eigenvalue weighted by atomic mass is 79.9. The SMILES string of the molecule is CCOC(c1ccccc1)C(N)Cc1ccc(Br)cn1. The molecule has 2 aromatic rings. The van der Waals surface area contributed by atoms with Crippen LogP contribution in [0.2, 0.25) is 0 Å². The first-order chi connectivity index (χ1) is 9.70. The van der Waals surface area contributed by atoms with Gasteiger partial charge in [0.15, 0.2) is 0 Å². The Kier molecular flexibility index (Phi) is 5.71. The van der Waals surface area contributed by atoms with Gasteiger partial charge in [0.05, 0.1) is 6.10 Å². The van der Waals surface area contributed by atoms with Crippen LogP contribution in [-0.2, 0) is 11.2 Å². The molecular weight excluding hydrogens is 316 g/mol. The van der Waals surface area contributed by atoms with E-state index in [1.807, 2.05) is 37.3 Å². The summed E-state index contributed by atoms with van der Waals surface area (Å²) >= 11 is 3.38. The van der Waals surface area contributed by atoms with Crippen LogP contribution in [0.15, 0.2) is 53.1 Å². The van der Waals surface area contributed by atoms with Crippen molar-refractivity contribution >= 4 is 15.9 Å². The summed E-state index contributed by atoms with van der Waals surface area (Å²) in [7, 11) is 0. The van der Waals surface area contributed by atoms with Crippen molar-refractivity contribution in [2.45, 2.75) is 25.5 Å². The molecule has 4 heteroatoms. The second-order valence-electron chi connectivity index (χ2n) is 4.62. The Hall–Kier alpha value is -1.23. The van der Waals surface area contributed by atoms with Crippen molar-refractivity contribution in [1.82, 2.24) is 4.98 Å². The van der Waals surface area contributed by atoms with Gasteiger partial charge in [-0.3, -0.25) is 4.98 Å². The first kappa shape index (κ1) is 15.2. The highest BCUT2D eigenvalue weighted by molar-refractivity contribution is 9.10. The van der Waals surface area contributed by atoms with Crippen LogP contribution < -0.4 is 5.73 Å². The van der Waals surface area contributed by atoms with E-state index in [0.717, 1.165) is 15.7 Å². The maximum Gasteiger partial charge on any atom is 0.0979 e.